The molecule has 5 nitrogen and oxygen atoms in total. The number of nitrogens with one attached hydrogen (secondary N) is 2. The molecule has 0 bridgehead atoms. The fourth-order valence-corrected chi connectivity index (χ4v) is 3.55. The van der Waals surface area contributed by atoms with E-state index >= 15 is 0 Å². The van der Waals surface area contributed by atoms with Gasteiger partial charge in [-0.15, -0.1) is 6.42 Å². The van der Waals surface area contributed by atoms with E-state index in [0.717, 1.165) is 5.56 Å². The van der Waals surface area contributed by atoms with Crippen LogP contribution >= 0.6 is 15.9 Å². The van der Waals surface area contributed by atoms with Crippen molar-refractivity contribution in [3.8, 4) is 12.3 Å². The number of hydrogen-bond acceptors (Lipinski definition) is 3. The van der Waals surface area contributed by atoms with Crippen molar-refractivity contribution in [2.45, 2.75) is 11.8 Å². The van der Waals surface area contributed by atoms with Crippen LogP contribution in [0.1, 0.15) is 15.9 Å². The molecule has 0 aliphatic carbocycles. The Balaban J connectivity index is 2.31. The van der Waals surface area contributed by atoms with Gasteiger partial charge in [-0.25, -0.2) is 8.42 Å². The van der Waals surface area contributed by atoms with Crippen LogP contribution in [-0.2, 0) is 10.0 Å². The van der Waals surface area contributed by atoms with Gasteiger partial charge < -0.3 is 5.32 Å². The predicted molar refractivity (Wildman–Crippen MR) is 97.3 cm³/mol. The molecule has 0 fully saturated rings. The number of sulfonamides is 1. The lowest BCUT2D eigenvalue weighted by Crippen LogP contribution is -2.24. The maximum atomic E-state index is 12.6. The molecule has 2 rings (SSSR count). The highest BCUT2D eigenvalue weighted by molar-refractivity contribution is 9.10. The van der Waals surface area contributed by atoms with Crippen LogP contribution in [0.5, 0.6) is 0 Å². The molecule has 0 aromatic heterocycles. The number of anilines is 1. The van der Waals surface area contributed by atoms with Crippen LogP contribution < -0.4 is 10.0 Å². The molecule has 0 aliphatic heterocycles. The molecule has 7 heteroatoms. The summed E-state index contributed by atoms with van der Waals surface area (Å²) in [6, 6.07) is 11.1. The fraction of sp³-hybridized carbons (Fsp3) is 0.118. The zero-order valence-electron chi connectivity index (χ0n) is 12.8. The molecule has 0 atom stereocenters. The van der Waals surface area contributed by atoms with Gasteiger partial charge in [0.05, 0.1) is 17.1 Å². The first kappa shape index (κ1) is 18.0. The minimum Gasteiger partial charge on any atom is -0.341 e. The van der Waals surface area contributed by atoms with Gasteiger partial charge in [-0.1, -0.05) is 18.1 Å². The third kappa shape index (κ3) is 4.37. The Bertz CT molecular complexity index is 918. The molecule has 2 N–H and O–H groups in total. The Morgan fingerprint density at radius 1 is 1.25 bits per heavy atom. The van der Waals surface area contributed by atoms with E-state index in [4.69, 9.17) is 6.42 Å². The Kier molecular flexibility index (Phi) is 5.65. The molecule has 0 unspecified atom stereocenters. The molecule has 24 heavy (non-hydrogen) atoms. The van der Waals surface area contributed by atoms with Gasteiger partial charge in [0.1, 0.15) is 0 Å². The molecule has 1 amide bonds. The molecule has 0 spiro atoms. The Labute approximate surface area is 149 Å². The number of carbonyl (C=O) groups is 1. The standard InChI is InChI=1S/C17H15BrN2O3S/c1-3-9-19-17(21)13-5-4-6-14(11-13)24(22,23)20-16-10-12(2)7-8-15(16)18/h1,4-8,10-11,20H,9H2,2H3,(H,19,21). The second kappa shape index (κ2) is 7.51. The molecule has 0 saturated carbocycles. The summed E-state index contributed by atoms with van der Waals surface area (Å²) >= 11 is 3.31. The van der Waals surface area contributed by atoms with E-state index in [-0.39, 0.29) is 17.0 Å². The summed E-state index contributed by atoms with van der Waals surface area (Å²) in [5, 5.41) is 2.50. The summed E-state index contributed by atoms with van der Waals surface area (Å²) in [5.74, 6) is 1.86. The minimum absolute atomic E-state index is 0.00994. The van der Waals surface area contributed by atoms with Crippen molar-refractivity contribution in [3.05, 3.63) is 58.1 Å². The van der Waals surface area contributed by atoms with E-state index in [0.29, 0.717) is 10.2 Å². The Morgan fingerprint density at radius 3 is 2.71 bits per heavy atom. The van der Waals surface area contributed by atoms with Gasteiger partial charge in [0, 0.05) is 10.0 Å². The molecular weight excluding hydrogens is 392 g/mol. The molecule has 0 radical (unpaired) electrons. The number of benzene rings is 2. The van der Waals surface area contributed by atoms with Gasteiger partial charge in [0.2, 0.25) is 0 Å². The van der Waals surface area contributed by atoms with Gasteiger partial charge >= 0.3 is 0 Å². The topological polar surface area (TPSA) is 75.3 Å². The zero-order chi connectivity index (χ0) is 17.7. The molecule has 2 aromatic carbocycles. The molecule has 0 heterocycles. The average Bonchev–Trinajstić information content (AvgIpc) is 2.56. The highest BCUT2D eigenvalue weighted by Gasteiger charge is 2.17. The third-order valence-corrected chi connectivity index (χ3v) is 5.18. The van der Waals surface area contributed by atoms with Crippen LogP contribution in [0.3, 0.4) is 0 Å². The van der Waals surface area contributed by atoms with Crippen LogP contribution in [-0.4, -0.2) is 20.9 Å². The smallest absolute Gasteiger partial charge is 0.261 e. The number of carbonyl (C=O) groups excluding carboxylic acids is 1. The average molecular weight is 407 g/mol. The lowest BCUT2D eigenvalue weighted by molar-refractivity contribution is 0.0958. The van der Waals surface area contributed by atoms with Crippen molar-refractivity contribution >= 4 is 37.5 Å². The van der Waals surface area contributed by atoms with Crippen molar-refractivity contribution in [1.29, 1.82) is 0 Å². The second-order valence-corrected chi connectivity index (χ2v) is 7.54. The van der Waals surface area contributed by atoms with Crippen LogP contribution in [0.15, 0.2) is 51.8 Å². The van der Waals surface area contributed by atoms with Gasteiger partial charge in [0.15, 0.2) is 0 Å². The van der Waals surface area contributed by atoms with Gasteiger partial charge in [-0.3, -0.25) is 9.52 Å². The van der Waals surface area contributed by atoms with E-state index in [9.17, 15) is 13.2 Å². The number of halogens is 1. The highest BCUT2D eigenvalue weighted by Crippen LogP contribution is 2.26. The quantitative estimate of drug-likeness (QED) is 0.749. The van der Waals surface area contributed by atoms with Gasteiger partial charge in [-0.05, 0) is 58.7 Å². The van der Waals surface area contributed by atoms with Crippen molar-refractivity contribution in [2.24, 2.45) is 0 Å². The van der Waals surface area contributed by atoms with Crippen molar-refractivity contribution in [1.82, 2.24) is 5.32 Å². The summed E-state index contributed by atoms with van der Waals surface area (Å²) in [6.45, 7) is 1.94. The predicted octanol–water partition coefficient (Wildman–Crippen LogP) is 2.92. The number of amides is 1. The van der Waals surface area contributed by atoms with Crippen LogP contribution in [0.4, 0.5) is 5.69 Å². The largest absolute Gasteiger partial charge is 0.341 e. The zero-order valence-corrected chi connectivity index (χ0v) is 15.2. The van der Waals surface area contributed by atoms with Crippen molar-refractivity contribution in [2.75, 3.05) is 11.3 Å². The highest BCUT2D eigenvalue weighted by atomic mass is 79.9. The molecule has 0 saturated heterocycles. The molecule has 124 valence electrons. The monoisotopic (exact) mass is 406 g/mol. The van der Waals surface area contributed by atoms with E-state index in [2.05, 4.69) is 31.9 Å². The normalized spacial score (nSPS) is 10.7. The SMILES string of the molecule is C#CCNC(=O)c1cccc(S(=O)(=O)Nc2cc(C)ccc2Br)c1. The van der Waals surface area contributed by atoms with E-state index in [1.807, 2.05) is 13.0 Å². The minimum atomic E-state index is -3.83. The van der Waals surface area contributed by atoms with Crippen LogP contribution in [0, 0.1) is 19.3 Å². The molecular formula is C17H15BrN2O3S. The van der Waals surface area contributed by atoms with Crippen molar-refractivity contribution in [3.63, 3.8) is 0 Å². The first-order chi connectivity index (χ1) is 11.3. The molecule has 0 aliphatic rings. The molecule has 2 aromatic rings. The summed E-state index contributed by atoms with van der Waals surface area (Å²) < 4.78 is 28.3. The summed E-state index contributed by atoms with van der Waals surface area (Å²) in [6.07, 6.45) is 5.09. The van der Waals surface area contributed by atoms with E-state index < -0.39 is 15.9 Å². The van der Waals surface area contributed by atoms with Gasteiger partial charge in [0.25, 0.3) is 15.9 Å². The summed E-state index contributed by atoms with van der Waals surface area (Å²) in [7, 11) is -3.83. The lowest BCUT2D eigenvalue weighted by atomic mass is 10.2. The lowest BCUT2D eigenvalue weighted by Gasteiger charge is -2.11. The first-order valence-corrected chi connectivity index (χ1v) is 9.22. The maximum Gasteiger partial charge on any atom is 0.261 e. The number of aryl methyl sites for hydroxylation is 1. The van der Waals surface area contributed by atoms with Crippen LogP contribution in [0.25, 0.3) is 0 Å². The Morgan fingerprint density at radius 2 is 2.00 bits per heavy atom. The number of hydrogen-bond donors (Lipinski definition) is 2. The van der Waals surface area contributed by atoms with Crippen LogP contribution in [0.2, 0.25) is 0 Å². The maximum absolute atomic E-state index is 12.6. The third-order valence-electron chi connectivity index (χ3n) is 3.12. The number of rotatable bonds is 5. The summed E-state index contributed by atoms with van der Waals surface area (Å²) in [5.41, 5.74) is 1.56. The number of terminal acetylenes is 1. The summed E-state index contributed by atoms with van der Waals surface area (Å²) in [4.78, 5) is 11.9. The fourth-order valence-electron chi connectivity index (χ4n) is 1.96. The second-order valence-electron chi connectivity index (χ2n) is 5.00. The van der Waals surface area contributed by atoms with Gasteiger partial charge in [-0.2, -0.15) is 0 Å². The first-order valence-electron chi connectivity index (χ1n) is 6.94. The van der Waals surface area contributed by atoms with E-state index in [1.165, 1.54) is 24.3 Å². The Hall–Kier alpha value is -2.30. The van der Waals surface area contributed by atoms with E-state index in [1.54, 1.807) is 12.1 Å². The van der Waals surface area contributed by atoms with Crippen molar-refractivity contribution < 1.29 is 13.2 Å².